The maximum atomic E-state index is 13.1. The Bertz CT molecular complexity index is 881. The van der Waals surface area contributed by atoms with E-state index in [-0.39, 0.29) is 17.9 Å². The van der Waals surface area contributed by atoms with Crippen molar-refractivity contribution >= 4 is 6.03 Å². The lowest BCUT2D eigenvalue weighted by molar-refractivity contribution is 0.182. The first-order valence-electron chi connectivity index (χ1n) is 8.69. The first-order valence-corrected chi connectivity index (χ1v) is 8.69. The average molecular weight is 368 g/mol. The van der Waals surface area contributed by atoms with Crippen LogP contribution in [0.3, 0.4) is 0 Å². The van der Waals surface area contributed by atoms with Gasteiger partial charge in [-0.25, -0.2) is 23.8 Å². The van der Waals surface area contributed by atoms with E-state index >= 15 is 0 Å². The average Bonchev–Trinajstić information content (AvgIpc) is 3.22. The predicted octanol–water partition coefficient (Wildman–Crippen LogP) is 3.09. The number of rotatable bonds is 6. The Balaban J connectivity index is 1.70. The molecule has 27 heavy (non-hydrogen) atoms. The van der Waals surface area contributed by atoms with Crippen molar-refractivity contribution in [1.82, 2.24) is 30.0 Å². The van der Waals surface area contributed by atoms with Gasteiger partial charge < -0.3 is 10.2 Å². The van der Waals surface area contributed by atoms with E-state index in [4.69, 9.17) is 0 Å². The normalized spacial score (nSPS) is 11.8. The van der Waals surface area contributed by atoms with Crippen LogP contribution in [0.15, 0.2) is 55.2 Å². The summed E-state index contributed by atoms with van der Waals surface area (Å²) in [6, 6.07) is 9.49. The molecular formula is C19H21FN6O. The summed E-state index contributed by atoms with van der Waals surface area (Å²) in [5.41, 5.74) is 1.69. The molecule has 0 aliphatic carbocycles. The summed E-state index contributed by atoms with van der Waals surface area (Å²) in [4.78, 5) is 22.6. The molecule has 0 fully saturated rings. The highest BCUT2D eigenvalue weighted by Crippen LogP contribution is 2.20. The van der Waals surface area contributed by atoms with E-state index in [1.807, 2.05) is 19.9 Å². The molecule has 1 unspecified atom stereocenters. The summed E-state index contributed by atoms with van der Waals surface area (Å²) in [5, 5.41) is 7.02. The molecule has 2 aromatic heterocycles. The van der Waals surface area contributed by atoms with Crippen molar-refractivity contribution in [2.24, 2.45) is 0 Å². The molecule has 0 bridgehead atoms. The van der Waals surface area contributed by atoms with E-state index in [0.717, 1.165) is 11.1 Å². The van der Waals surface area contributed by atoms with Gasteiger partial charge in [0, 0.05) is 24.8 Å². The van der Waals surface area contributed by atoms with Crippen LogP contribution < -0.4 is 5.32 Å². The fourth-order valence-electron chi connectivity index (χ4n) is 2.88. The lowest BCUT2D eigenvalue weighted by atomic mass is 10.1. The smallest absolute Gasteiger partial charge is 0.318 e. The summed E-state index contributed by atoms with van der Waals surface area (Å²) < 4.78 is 14.7. The van der Waals surface area contributed by atoms with Crippen molar-refractivity contribution in [2.45, 2.75) is 26.4 Å². The van der Waals surface area contributed by atoms with E-state index in [1.165, 1.54) is 18.5 Å². The molecule has 2 amide bonds. The van der Waals surface area contributed by atoms with Crippen LogP contribution in [0.25, 0.3) is 5.82 Å². The third-order valence-electron chi connectivity index (χ3n) is 4.35. The monoisotopic (exact) mass is 368 g/mol. The Morgan fingerprint density at radius 2 is 2.07 bits per heavy atom. The molecule has 1 N–H and O–H groups in total. The molecule has 0 saturated carbocycles. The van der Waals surface area contributed by atoms with Crippen LogP contribution in [0.1, 0.15) is 31.0 Å². The molecule has 8 heteroatoms. The Labute approximate surface area is 156 Å². The Morgan fingerprint density at radius 1 is 1.30 bits per heavy atom. The number of nitrogens with zero attached hydrogens (tertiary/aromatic N) is 5. The summed E-state index contributed by atoms with van der Waals surface area (Å²) in [6.45, 7) is 4.65. The van der Waals surface area contributed by atoms with Crippen LogP contribution in [0.2, 0.25) is 0 Å². The summed E-state index contributed by atoms with van der Waals surface area (Å²) in [6.07, 6.45) is 4.65. The standard InChI is InChI=1S/C19H21FN6O/c1-3-25(14(2)15-6-8-17(20)9-7-15)19(27)23-11-16-5-4-10-22-18(16)26-13-21-12-24-26/h4-10,12-14H,3,11H2,1-2H3,(H,23,27). The molecule has 3 rings (SSSR count). The highest BCUT2D eigenvalue weighted by molar-refractivity contribution is 5.74. The molecule has 0 radical (unpaired) electrons. The fourth-order valence-corrected chi connectivity index (χ4v) is 2.88. The molecular weight excluding hydrogens is 347 g/mol. The predicted molar refractivity (Wildman–Crippen MR) is 98.6 cm³/mol. The highest BCUT2D eigenvalue weighted by Gasteiger charge is 2.20. The molecule has 0 aliphatic rings. The van der Waals surface area contributed by atoms with Gasteiger partial charge in [0.2, 0.25) is 0 Å². The lowest BCUT2D eigenvalue weighted by Gasteiger charge is -2.28. The maximum absolute atomic E-state index is 13.1. The van der Waals surface area contributed by atoms with Gasteiger partial charge in [0.1, 0.15) is 18.5 Å². The van der Waals surface area contributed by atoms with Gasteiger partial charge in [-0.3, -0.25) is 0 Å². The Kier molecular flexibility index (Phi) is 5.75. The number of halogens is 1. The number of hydrogen-bond acceptors (Lipinski definition) is 4. The second-order valence-electron chi connectivity index (χ2n) is 6.00. The number of carbonyl (C=O) groups excluding carboxylic acids is 1. The SMILES string of the molecule is CCN(C(=O)NCc1cccnc1-n1cncn1)C(C)c1ccc(F)cc1. The van der Waals surface area contributed by atoms with Crippen molar-refractivity contribution in [2.75, 3.05) is 6.54 Å². The van der Waals surface area contributed by atoms with Gasteiger partial charge in [0.25, 0.3) is 0 Å². The first-order chi connectivity index (χ1) is 13.1. The van der Waals surface area contributed by atoms with Crippen molar-refractivity contribution < 1.29 is 9.18 Å². The Morgan fingerprint density at radius 3 is 2.74 bits per heavy atom. The zero-order chi connectivity index (χ0) is 19.2. The molecule has 1 atom stereocenters. The largest absolute Gasteiger partial charge is 0.334 e. The number of hydrogen-bond donors (Lipinski definition) is 1. The molecule has 3 aromatic rings. The molecule has 0 saturated heterocycles. The number of amides is 2. The summed E-state index contributed by atoms with van der Waals surface area (Å²) in [7, 11) is 0. The van der Waals surface area contributed by atoms with Crippen LogP contribution in [0.5, 0.6) is 0 Å². The van der Waals surface area contributed by atoms with Crippen LogP contribution in [-0.2, 0) is 6.54 Å². The number of urea groups is 1. The highest BCUT2D eigenvalue weighted by atomic mass is 19.1. The third kappa shape index (κ3) is 4.28. The van der Waals surface area contributed by atoms with Crippen molar-refractivity contribution in [1.29, 1.82) is 0 Å². The van der Waals surface area contributed by atoms with Gasteiger partial charge in [-0.1, -0.05) is 18.2 Å². The number of nitrogens with one attached hydrogen (secondary N) is 1. The topological polar surface area (TPSA) is 75.9 Å². The van der Waals surface area contributed by atoms with Crippen molar-refractivity contribution in [3.8, 4) is 5.82 Å². The molecule has 140 valence electrons. The van der Waals surface area contributed by atoms with Crippen molar-refractivity contribution in [3.63, 3.8) is 0 Å². The van der Waals surface area contributed by atoms with Gasteiger partial charge in [-0.05, 0) is 37.6 Å². The summed E-state index contributed by atoms with van der Waals surface area (Å²) in [5.74, 6) is 0.320. The minimum Gasteiger partial charge on any atom is -0.334 e. The summed E-state index contributed by atoms with van der Waals surface area (Å²) >= 11 is 0. The van der Waals surface area contributed by atoms with Gasteiger partial charge in [-0.2, -0.15) is 5.10 Å². The molecule has 7 nitrogen and oxygen atoms in total. The van der Waals surface area contributed by atoms with Gasteiger partial charge >= 0.3 is 6.03 Å². The second-order valence-corrected chi connectivity index (χ2v) is 6.00. The van der Waals surface area contributed by atoms with E-state index in [9.17, 15) is 9.18 Å². The quantitative estimate of drug-likeness (QED) is 0.725. The number of aromatic nitrogens is 4. The minimum absolute atomic E-state index is 0.181. The Hall–Kier alpha value is -3.29. The number of benzene rings is 1. The zero-order valence-corrected chi connectivity index (χ0v) is 15.2. The first kappa shape index (κ1) is 18.5. The fraction of sp³-hybridized carbons (Fsp3) is 0.263. The van der Waals surface area contributed by atoms with E-state index in [2.05, 4.69) is 20.4 Å². The van der Waals surface area contributed by atoms with Crippen LogP contribution in [0.4, 0.5) is 9.18 Å². The minimum atomic E-state index is -0.296. The zero-order valence-electron chi connectivity index (χ0n) is 15.2. The molecule has 1 aromatic carbocycles. The maximum Gasteiger partial charge on any atom is 0.318 e. The van der Waals surface area contributed by atoms with E-state index < -0.39 is 0 Å². The van der Waals surface area contributed by atoms with Crippen LogP contribution >= 0.6 is 0 Å². The number of carbonyl (C=O) groups is 1. The third-order valence-corrected chi connectivity index (χ3v) is 4.35. The van der Waals surface area contributed by atoms with Crippen LogP contribution in [-0.4, -0.2) is 37.2 Å². The van der Waals surface area contributed by atoms with Gasteiger partial charge in [-0.15, -0.1) is 0 Å². The molecule has 2 heterocycles. The van der Waals surface area contributed by atoms with Crippen LogP contribution in [0, 0.1) is 5.82 Å². The van der Waals surface area contributed by atoms with Gasteiger partial charge in [0.15, 0.2) is 5.82 Å². The molecule has 0 aliphatic heterocycles. The lowest BCUT2D eigenvalue weighted by Crippen LogP contribution is -2.41. The second kappa shape index (κ2) is 8.39. The van der Waals surface area contributed by atoms with Gasteiger partial charge in [0.05, 0.1) is 6.04 Å². The number of pyridine rings is 1. The van der Waals surface area contributed by atoms with Crippen molar-refractivity contribution in [3.05, 3.63) is 72.2 Å². The van der Waals surface area contributed by atoms with E-state index in [1.54, 1.807) is 40.3 Å². The van der Waals surface area contributed by atoms with E-state index in [0.29, 0.717) is 18.9 Å². The molecule has 0 spiro atoms.